The highest BCUT2D eigenvalue weighted by molar-refractivity contribution is 7.92. The molecule has 0 saturated carbocycles. The van der Waals surface area contributed by atoms with Gasteiger partial charge in [0.25, 0.3) is 15.9 Å². The smallest absolute Gasteiger partial charge is 0.261 e. The van der Waals surface area contributed by atoms with Gasteiger partial charge in [-0.15, -0.1) is 0 Å². The molecule has 0 unspecified atom stereocenters. The predicted molar refractivity (Wildman–Crippen MR) is 132 cm³/mol. The highest BCUT2D eigenvalue weighted by atomic mass is 32.2. The Bertz CT molecular complexity index is 1320. The van der Waals surface area contributed by atoms with Crippen LogP contribution in [0.4, 0.5) is 10.1 Å². The van der Waals surface area contributed by atoms with Crippen LogP contribution in [0.1, 0.15) is 24.2 Å². The normalized spacial score (nSPS) is 19.8. The second kappa shape index (κ2) is 10.7. The summed E-state index contributed by atoms with van der Waals surface area (Å²) in [6, 6.07) is 7.90. The molecule has 1 aliphatic heterocycles. The van der Waals surface area contributed by atoms with Gasteiger partial charge < -0.3 is 14.7 Å². The molecular weight excluding hydrogens is 513 g/mol. The Morgan fingerprint density at radius 2 is 1.83 bits per heavy atom. The van der Waals surface area contributed by atoms with Crippen molar-refractivity contribution in [2.45, 2.75) is 30.9 Å². The fourth-order valence-corrected chi connectivity index (χ4v) is 5.19. The van der Waals surface area contributed by atoms with E-state index < -0.39 is 43.9 Å². The molecule has 10 nitrogen and oxygen atoms in total. The van der Waals surface area contributed by atoms with Crippen molar-refractivity contribution in [3.63, 3.8) is 0 Å². The third-order valence-electron chi connectivity index (χ3n) is 6.04. The van der Waals surface area contributed by atoms with Gasteiger partial charge in [-0.1, -0.05) is 6.92 Å². The largest absolute Gasteiger partial charge is 0.488 e. The van der Waals surface area contributed by atoms with E-state index in [-0.39, 0.29) is 47.5 Å². The van der Waals surface area contributed by atoms with Crippen LogP contribution in [0.25, 0.3) is 0 Å². The number of carbonyl (C=O) groups is 1. The molecule has 1 aliphatic rings. The third-order valence-corrected chi connectivity index (χ3v) is 8.72. The van der Waals surface area contributed by atoms with Crippen LogP contribution < -0.4 is 9.46 Å². The number of aliphatic hydroxyl groups excluding tert-OH is 1. The first-order valence-corrected chi connectivity index (χ1v) is 14.5. The molecule has 2 aromatic carbocycles. The van der Waals surface area contributed by atoms with Gasteiger partial charge in [0, 0.05) is 25.2 Å². The Hall–Kier alpha value is -2.74. The Morgan fingerprint density at radius 3 is 2.42 bits per heavy atom. The van der Waals surface area contributed by atoms with Gasteiger partial charge in [-0.3, -0.25) is 9.52 Å². The fraction of sp³-hybridized carbons (Fsp3) is 0.435. The lowest BCUT2D eigenvalue weighted by molar-refractivity contribution is 0.0387. The van der Waals surface area contributed by atoms with E-state index in [4.69, 9.17) is 4.74 Å². The first-order chi connectivity index (χ1) is 16.7. The molecule has 0 saturated heterocycles. The van der Waals surface area contributed by atoms with E-state index in [1.54, 1.807) is 6.92 Å². The topological polar surface area (TPSA) is 133 Å². The average Bonchev–Trinajstić information content (AvgIpc) is 2.80. The minimum absolute atomic E-state index is 0.0217. The van der Waals surface area contributed by atoms with Gasteiger partial charge in [-0.2, -0.15) is 0 Å². The number of aliphatic hydroxyl groups is 1. The maximum absolute atomic E-state index is 13.5. The van der Waals surface area contributed by atoms with Gasteiger partial charge in [-0.25, -0.2) is 25.5 Å². The summed E-state index contributed by atoms with van der Waals surface area (Å²) in [5.74, 6) is -1.20. The molecule has 1 heterocycles. The van der Waals surface area contributed by atoms with E-state index in [1.165, 1.54) is 30.1 Å². The number of likely N-dealkylation sites (N-methyl/N-ethyl adjacent to an activating group) is 1. The van der Waals surface area contributed by atoms with Crippen molar-refractivity contribution in [2.24, 2.45) is 5.92 Å². The Morgan fingerprint density at radius 1 is 1.19 bits per heavy atom. The zero-order valence-corrected chi connectivity index (χ0v) is 22.0. The predicted octanol–water partition coefficient (Wildman–Crippen LogP) is 1.74. The van der Waals surface area contributed by atoms with Crippen LogP contribution in [0.3, 0.4) is 0 Å². The quantitative estimate of drug-likeness (QED) is 0.518. The van der Waals surface area contributed by atoms with Gasteiger partial charge in [-0.05, 0) is 49.4 Å². The van der Waals surface area contributed by atoms with Crippen molar-refractivity contribution < 1.29 is 35.9 Å². The molecule has 0 radical (unpaired) electrons. The molecule has 2 N–H and O–H groups in total. The molecule has 2 aromatic rings. The lowest BCUT2D eigenvalue weighted by Crippen LogP contribution is -2.50. The molecule has 36 heavy (non-hydrogen) atoms. The third kappa shape index (κ3) is 6.33. The number of rotatable bonds is 8. The van der Waals surface area contributed by atoms with Gasteiger partial charge in [0.2, 0.25) is 10.0 Å². The van der Waals surface area contributed by atoms with Crippen LogP contribution in [0.5, 0.6) is 5.75 Å². The first-order valence-electron chi connectivity index (χ1n) is 11.1. The van der Waals surface area contributed by atoms with E-state index in [1.807, 2.05) is 6.92 Å². The van der Waals surface area contributed by atoms with Crippen molar-refractivity contribution in [1.82, 2.24) is 9.21 Å². The molecule has 0 aliphatic carbocycles. The van der Waals surface area contributed by atoms with E-state index in [2.05, 4.69) is 4.72 Å². The van der Waals surface area contributed by atoms with Gasteiger partial charge in [0.15, 0.2) is 0 Å². The molecule has 0 spiro atoms. The average molecular weight is 544 g/mol. The monoisotopic (exact) mass is 543 g/mol. The van der Waals surface area contributed by atoms with Gasteiger partial charge in [0.05, 0.1) is 35.9 Å². The van der Waals surface area contributed by atoms with Crippen LogP contribution >= 0.6 is 0 Å². The maximum Gasteiger partial charge on any atom is 0.261 e. The standard InChI is InChI=1S/C23H30FN3O7S2/c1-15-12-27(16(2)14-28)23(29)20-11-18(25-36(32,33)19-8-5-17(24)6-9-19)7-10-21(20)34-22(15)13-26(3)35(4,30)31/h5-11,15-16,22,25,28H,12-14H2,1-4H3/t15-,16-,22-/m1/s1. The minimum Gasteiger partial charge on any atom is -0.488 e. The molecule has 0 fully saturated rings. The van der Waals surface area contributed by atoms with Crippen molar-refractivity contribution in [1.29, 1.82) is 0 Å². The Labute approximate surface area is 210 Å². The summed E-state index contributed by atoms with van der Waals surface area (Å²) in [7, 11) is -6.14. The van der Waals surface area contributed by atoms with Crippen LogP contribution in [0.2, 0.25) is 0 Å². The molecule has 198 valence electrons. The van der Waals surface area contributed by atoms with Crippen LogP contribution in [0, 0.1) is 11.7 Å². The number of halogens is 1. The molecule has 13 heteroatoms. The van der Waals surface area contributed by atoms with Crippen molar-refractivity contribution in [3.8, 4) is 5.75 Å². The number of fused-ring (bicyclic) bond motifs is 1. The summed E-state index contributed by atoms with van der Waals surface area (Å²) in [5, 5.41) is 9.74. The number of benzene rings is 2. The summed E-state index contributed by atoms with van der Waals surface area (Å²) >= 11 is 0. The van der Waals surface area contributed by atoms with E-state index >= 15 is 0 Å². The first kappa shape index (κ1) is 27.8. The summed E-state index contributed by atoms with van der Waals surface area (Å²) in [5.41, 5.74) is 0.124. The van der Waals surface area contributed by atoms with Crippen molar-refractivity contribution in [3.05, 3.63) is 53.8 Å². The highest BCUT2D eigenvalue weighted by Crippen LogP contribution is 2.31. The second-order valence-electron chi connectivity index (χ2n) is 8.94. The summed E-state index contributed by atoms with van der Waals surface area (Å²) < 4.78 is 72.3. The fourth-order valence-electron chi connectivity index (χ4n) is 3.72. The van der Waals surface area contributed by atoms with Crippen molar-refractivity contribution >= 4 is 31.6 Å². The highest BCUT2D eigenvalue weighted by Gasteiger charge is 2.34. The molecule has 0 aromatic heterocycles. The van der Waals surface area contributed by atoms with Crippen LogP contribution in [-0.2, 0) is 20.0 Å². The van der Waals surface area contributed by atoms with Crippen molar-refractivity contribution in [2.75, 3.05) is 37.7 Å². The summed E-state index contributed by atoms with van der Waals surface area (Å²) in [4.78, 5) is 14.8. The number of sulfonamides is 2. The molecule has 0 bridgehead atoms. The number of anilines is 1. The number of ether oxygens (including phenoxy) is 1. The molecule has 3 rings (SSSR count). The van der Waals surface area contributed by atoms with Gasteiger partial charge in [0.1, 0.15) is 17.7 Å². The Kier molecular flexibility index (Phi) is 8.28. The Balaban J connectivity index is 2.01. The minimum atomic E-state index is -4.07. The second-order valence-corrected chi connectivity index (χ2v) is 12.7. The summed E-state index contributed by atoms with van der Waals surface area (Å²) in [6.07, 6.45) is 0.448. The van der Waals surface area contributed by atoms with E-state index in [0.29, 0.717) is 0 Å². The number of amides is 1. The molecule has 3 atom stereocenters. The molecular formula is C23H30FN3O7S2. The molecule has 1 amide bonds. The summed E-state index contributed by atoms with van der Waals surface area (Å²) in [6.45, 7) is 3.38. The maximum atomic E-state index is 13.5. The number of nitrogens with zero attached hydrogens (tertiary/aromatic N) is 2. The number of hydrogen-bond donors (Lipinski definition) is 2. The SMILES string of the molecule is C[C@@H]1CN([C@H](C)CO)C(=O)c2cc(NS(=O)(=O)c3ccc(F)cc3)ccc2O[C@@H]1CN(C)S(C)(=O)=O. The van der Waals surface area contributed by atoms with Crippen LogP contribution in [0.15, 0.2) is 47.4 Å². The number of carbonyl (C=O) groups excluding carboxylic acids is 1. The zero-order chi connectivity index (χ0) is 26.8. The zero-order valence-electron chi connectivity index (χ0n) is 20.4. The lowest BCUT2D eigenvalue weighted by Gasteiger charge is -2.38. The van der Waals surface area contributed by atoms with E-state index in [0.717, 1.165) is 34.8 Å². The van der Waals surface area contributed by atoms with Crippen LogP contribution in [-0.4, -0.2) is 82.2 Å². The van der Waals surface area contributed by atoms with Gasteiger partial charge >= 0.3 is 0 Å². The lowest BCUT2D eigenvalue weighted by atomic mass is 9.99. The van der Waals surface area contributed by atoms with E-state index in [9.17, 15) is 31.1 Å². The number of hydrogen-bond acceptors (Lipinski definition) is 7. The number of nitrogens with one attached hydrogen (secondary N) is 1.